The van der Waals surface area contributed by atoms with Crippen molar-refractivity contribution in [2.24, 2.45) is 0 Å². The van der Waals surface area contributed by atoms with Gasteiger partial charge in [0.1, 0.15) is 5.69 Å². The summed E-state index contributed by atoms with van der Waals surface area (Å²) in [5.74, 6) is -0.637. The molecule has 1 heterocycles. The molecule has 1 aliphatic carbocycles. The van der Waals surface area contributed by atoms with E-state index in [4.69, 9.17) is 10.2 Å². The van der Waals surface area contributed by atoms with Crippen LogP contribution in [0.3, 0.4) is 0 Å². The maximum Gasteiger partial charge on any atom is 0.354 e. The van der Waals surface area contributed by atoms with Crippen LogP contribution >= 0.6 is 0 Å². The van der Waals surface area contributed by atoms with Gasteiger partial charge in [-0.1, -0.05) is 0 Å². The molecular formula is C10H11NO3. The van der Waals surface area contributed by atoms with Crippen molar-refractivity contribution in [1.82, 2.24) is 4.98 Å². The SMILES string of the molecule is O=C(O)c1cc(CO)cc(C2CC2)n1. The number of nitrogens with zero attached hydrogens (tertiary/aromatic N) is 1. The molecule has 4 heteroatoms. The van der Waals surface area contributed by atoms with Gasteiger partial charge in [0.25, 0.3) is 0 Å². The highest BCUT2D eigenvalue weighted by atomic mass is 16.4. The fraction of sp³-hybridized carbons (Fsp3) is 0.400. The minimum atomic E-state index is -1.04. The van der Waals surface area contributed by atoms with Gasteiger partial charge in [-0.15, -0.1) is 0 Å². The number of rotatable bonds is 3. The smallest absolute Gasteiger partial charge is 0.354 e. The number of carbonyl (C=O) groups is 1. The quantitative estimate of drug-likeness (QED) is 0.755. The Morgan fingerprint density at radius 3 is 2.71 bits per heavy atom. The number of hydrogen-bond acceptors (Lipinski definition) is 3. The normalized spacial score (nSPS) is 15.5. The van der Waals surface area contributed by atoms with Crippen molar-refractivity contribution in [1.29, 1.82) is 0 Å². The van der Waals surface area contributed by atoms with Crippen LogP contribution in [0.25, 0.3) is 0 Å². The molecule has 0 amide bonds. The second-order valence-electron chi connectivity index (χ2n) is 3.52. The van der Waals surface area contributed by atoms with Crippen molar-refractivity contribution in [2.45, 2.75) is 25.4 Å². The number of pyridine rings is 1. The molecule has 14 heavy (non-hydrogen) atoms. The second kappa shape index (κ2) is 3.38. The highest BCUT2D eigenvalue weighted by Crippen LogP contribution is 2.39. The first-order valence-corrected chi connectivity index (χ1v) is 4.55. The molecule has 0 unspecified atom stereocenters. The molecule has 0 aliphatic heterocycles. The summed E-state index contributed by atoms with van der Waals surface area (Å²) >= 11 is 0. The number of aliphatic hydroxyl groups is 1. The van der Waals surface area contributed by atoms with Crippen LogP contribution in [0.5, 0.6) is 0 Å². The van der Waals surface area contributed by atoms with E-state index < -0.39 is 5.97 Å². The molecule has 1 saturated carbocycles. The fourth-order valence-electron chi connectivity index (χ4n) is 1.40. The van der Waals surface area contributed by atoms with Gasteiger partial charge in [0, 0.05) is 11.6 Å². The Morgan fingerprint density at radius 1 is 1.50 bits per heavy atom. The van der Waals surface area contributed by atoms with E-state index in [-0.39, 0.29) is 12.3 Å². The maximum absolute atomic E-state index is 10.7. The molecule has 0 bridgehead atoms. The average molecular weight is 193 g/mol. The summed E-state index contributed by atoms with van der Waals surface area (Å²) in [7, 11) is 0. The third-order valence-electron chi connectivity index (χ3n) is 2.30. The van der Waals surface area contributed by atoms with Crippen LogP contribution in [0.4, 0.5) is 0 Å². The van der Waals surface area contributed by atoms with E-state index in [1.807, 2.05) is 0 Å². The van der Waals surface area contributed by atoms with E-state index in [1.165, 1.54) is 6.07 Å². The van der Waals surface area contributed by atoms with E-state index in [0.29, 0.717) is 11.5 Å². The zero-order chi connectivity index (χ0) is 10.1. The fourth-order valence-corrected chi connectivity index (χ4v) is 1.40. The second-order valence-corrected chi connectivity index (χ2v) is 3.52. The van der Waals surface area contributed by atoms with E-state index in [0.717, 1.165) is 18.5 Å². The van der Waals surface area contributed by atoms with Gasteiger partial charge >= 0.3 is 5.97 Å². The summed E-state index contributed by atoms with van der Waals surface area (Å²) in [6.07, 6.45) is 2.14. The number of aromatic carboxylic acids is 1. The van der Waals surface area contributed by atoms with Crippen molar-refractivity contribution in [3.05, 3.63) is 29.1 Å². The Balaban J connectivity index is 2.40. The van der Waals surface area contributed by atoms with Crippen LogP contribution in [0, 0.1) is 0 Å². The van der Waals surface area contributed by atoms with Gasteiger partial charge in [-0.05, 0) is 30.5 Å². The van der Waals surface area contributed by atoms with Crippen molar-refractivity contribution in [3.63, 3.8) is 0 Å². The zero-order valence-electron chi connectivity index (χ0n) is 7.60. The summed E-state index contributed by atoms with van der Waals surface area (Å²) in [6, 6.07) is 3.19. The number of carboxylic acids is 1. The monoisotopic (exact) mass is 193 g/mol. The van der Waals surface area contributed by atoms with Gasteiger partial charge < -0.3 is 10.2 Å². The summed E-state index contributed by atoms with van der Waals surface area (Å²) in [5.41, 5.74) is 1.45. The zero-order valence-corrected chi connectivity index (χ0v) is 7.60. The minimum Gasteiger partial charge on any atom is -0.477 e. The van der Waals surface area contributed by atoms with Crippen molar-refractivity contribution >= 4 is 5.97 Å². The van der Waals surface area contributed by atoms with Gasteiger partial charge in [-0.25, -0.2) is 9.78 Å². The first-order valence-electron chi connectivity index (χ1n) is 4.55. The van der Waals surface area contributed by atoms with Crippen LogP contribution < -0.4 is 0 Å². The third-order valence-corrected chi connectivity index (χ3v) is 2.30. The molecule has 1 aliphatic rings. The molecule has 74 valence electrons. The highest BCUT2D eigenvalue weighted by Gasteiger charge is 2.26. The van der Waals surface area contributed by atoms with E-state index in [1.54, 1.807) is 6.07 Å². The Labute approximate surface area is 81.2 Å². The Hall–Kier alpha value is -1.42. The summed E-state index contributed by atoms with van der Waals surface area (Å²) in [6.45, 7) is -0.136. The first-order chi connectivity index (χ1) is 6.70. The van der Waals surface area contributed by atoms with Gasteiger partial charge in [0.2, 0.25) is 0 Å². The summed E-state index contributed by atoms with van der Waals surface area (Å²) in [5, 5.41) is 17.7. The van der Waals surface area contributed by atoms with Crippen molar-refractivity contribution < 1.29 is 15.0 Å². The molecular weight excluding hydrogens is 182 g/mol. The molecule has 1 aromatic heterocycles. The van der Waals surface area contributed by atoms with Crippen LogP contribution in [0.2, 0.25) is 0 Å². The number of carboxylic acid groups (broad SMARTS) is 1. The number of aromatic nitrogens is 1. The summed E-state index contributed by atoms with van der Waals surface area (Å²) < 4.78 is 0. The largest absolute Gasteiger partial charge is 0.477 e. The molecule has 0 spiro atoms. The molecule has 2 rings (SSSR count). The molecule has 0 atom stereocenters. The lowest BCUT2D eigenvalue weighted by Gasteiger charge is -2.03. The maximum atomic E-state index is 10.7. The lowest BCUT2D eigenvalue weighted by molar-refractivity contribution is 0.0690. The predicted molar refractivity (Wildman–Crippen MR) is 49.1 cm³/mol. The standard InChI is InChI=1S/C10H11NO3/c12-5-6-3-8(7-1-2-7)11-9(4-6)10(13)14/h3-4,7,12H,1-2,5H2,(H,13,14). The molecule has 2 N–H and O–H groups in total. The summed E-state index contributed by atoms with van der Waals surface area (Å²) in [4.78, 5) is 14.8. The van der Waals surface area contributed by atoms with E-state index >= 15 is 0 Å². The Morgan fingerprint density at radius 2 is 2.21 bits per heavy atom. The molecule has 0 saturated heterocycles. The minimum absolute atomic E-state index is 0.0263. The van der Waals surface area contributed by atoms with E-state index in [2.05, 4.69) is 4.98 Å². The highest BCUT2D eigenvalue weighted by molar-refractivity contribution is 5.85. The topological polar surface area (TPSA) is 70.4 Å². The van der Waals surface area contributed by atoms with Crippen LogP contribution in [0.1, 0.15) is 40.5 Å². The van der Waals surface area contributed by atoms with E-state index in [9.17, 15) is 4.79 Å². The van der Waals surface area contributed by atoms with Crippen LogP contribution in [-0.4, -0.2) is 21.2 Å². The average Bonchev–Trinajstić information content (AvgIpc) is 3.00. The third kappa shape index (κ3) is 1.75. The van der Waals surface area contributed by atoms with Gasteiger partial charge in [-0.3, -0.25) is 0 Å². The van der Waals surface area contributed by atoms with Gasteiger partial charge in [0.05, 0.1) is 6.61 Å². The lowest BCUT2D eigenvalue weighted by atomic mass is 10.1. The number of hydrogen-bond donors (Lipinski definition) is 2. The number of aliphatic hydroxyl groups excluding tert-OH is 1. The Bertz CT molecular complexity index is 372. The van der Waals surface area contributed by atoms with Crippen LogP contribution in [-0.2, 0) is 6.61 Å². The van der Waals surface area contributed by atoms with Gasteiger partial charge in [0.15, 0.2) is 0 Å². The molecule has 0 aromatic carbocycles. The Kier molecular flexibility index (Phi) is 2.21. The predicted octanol–water partition coefficient (Wildman–Crippen LogP) is 1.15. The van der Waals surface area contributed by atoms with Gasteiger partial charge in [-0.2, -0.15) is 0 Å². The van der Waals surface area contributed by atoms with Crippen LogP contribution in [0.15, 0.2) is 12.1 Å². The molecule has 0 radical (unpaired) electrons. The molecule has 4 nitrogen and oxygen atoms in total. The molecule has 1 fully saturated rings. The van der Waals surface area contributed by atoms with Crippen molar-refractivity contribution in [2.75, 3.05) is 0 Å². The lowest BCUT2D eigenvalue weighted by Crippen LogP contribution is -2.04. The first kappa shape index (κ1) is 9.15. The van der Waals surface area contributed by atoms with Crippen molar-refractivity contribution in [3.8, 4) is 0 Å². The molecule has 1 aromatic rings.